The molecule has 148 valence electrons. The molecular formula is C22H27N3O3. The van der Waals surface area contributed by atoms with Crippen LogP contribution in [0.25, 0.3) is 0 Å². The highest BCUT2D eigenvalue weighted by molar-refractivity contribution is 5.97. The van der Waals surface area contributed by atoms with Gasteiger partial charge < -0.3 is 19.7 Å². The summed E-state index contributed by atoms with van der Waals surface area (Å²) in [7, 11) is 3.32. The largest absolute Gasteiger partial charge is 0.497 e. The lowest BCUT2D eigenvalue weighted by atomic mass is 9.73. The van der Waals surface area contributed by atoms with Crippen molar-refractivity contribution in [2.45, 2.75) is 44.1 Å². The summed E-state index contributed by atoms with van der Waals surface area (Å²) >= 11 is 0. The Morgan fingerprint density at radius 2 is 2.07 bits per heavy atom. The Morgan fingerprint density at radius 3 is 2.71 bits per heavy atom. The van der Waals surface area contributed by atoms with E-state index >= 15 is 0 Å². The number of methoxy groups -OCH3 is 1. The van der Waals surface area contributed by atoms with E-state index in [1.807, 2.05) is 24.3 Å². The molecule has 2 N–H and O–H groups in total. The number of carbonyl (C=O) groups is 1. The van der Waals surface area contributed by atoms with Gasteiger partial charge in [0.05, 0.1) is 7.11 Å². The fourth-order valence-corrected chi connectivity index (χ4v) is 4.06. The van der Waals surface area contributed by atoms with E-state index in [9.17, 15) is 9.90 Å². The molecule has 1 aromatic heterocycles. The van der Waals surface area contributed by atoms with Crippen molar-refractivity contribution in [3.8, 4) is 11.8 Å². The minimum Gasteiger partial charge on any atom is -0.497 e. The first-order valence-electron chi connectivity index (χ1n) is 9.70. The zero-order chi connectivity index (χ0) is 20.1. The monoisotopic (exact) mass is 381 g/mol. The molecule has 1 atom stereocenters. The van der Waals surface area contributed by atoms with E-state index in [-0.39, 0.29) is 12.3 Å². The molecule has 28 heavy (non-hydrogen) atoms. The zero-order valence-corrected chi connectivity index (χ0v) is 16.4. The second-order valence-corrected chi connectivity index (χ2v) is 7.52. The van der Waals surface area contributed by atoms with E-state index in [4.69, 9.17) is 10.00 Å². The molecule has 0 radical (unpaired) electrons. The number of benzene rings is 1. The fraction of sp³-hybridized carbons (Fsp3) is 0.455. The Kier molecular flexibility index (Phi) is 6.05. The van der Waals surface area contributed by atoms with Gasteiger partial charge in [0.2, 0.25) is 0 Å². The summed E-state index contributed by atoms with van der Waals surface area (Å²) in [4.78, 5) is 13.3. The van der Waals surface area contributed by atoms with Crippen molar-refractivity contribution < 1.29 is 14.6 Å². The molecule has 1 aromatic carbocycles. The predicted molar refractivity (Wildman–Crippen MR) is 107 cm³/mol. The van der Waals surface area contributed by atoms with Crippen molar-refractivity contribution >= 4 is 11.7 Å². The molecule has 6 nitrogen and oxygen atoms in total. The van der Waals surface area contributed by atoms with E-state index in [0.29, 0.717) is 17.3 Å². The van der Waals surface area contributed by atoms with Gasteiger partial charge in [0, 0.05) is 13.5 Å². The first-order chi connectivity index (χ1) is 13.5. The third-order valence-corrected chi connectivity index (χ3v) is 5.76. The molecule has 0 spiro atoms. The molecule has 0 saturated heterocycles. The molecule has 1 amide bonds. The molecule has 0 bridgehead atoms. The van der Waals surface area contributed by atoms with Crippen LogP contribution >= 0.6 is 0 Å². The number of ether oxygens (including phenoxy) is 1. The molecule has 1 unspecified atom stereocenters. The van der Waals surface area contributed by atoms with Gasteiger partial charge >= 0.3 is 0 Å². The lowest BCUT2D eigenvalue weighted by Crippen LogP contribution is -2.51. The van der Waals surface area contributed by atoms with Gasteiger partial charge in [-0.3, -0.25) is 4.79 Å². The van der Waals surface area contributed by atoms with Crippen LogP contribution in [0.15, 0.2) is 36.4 Å². The molecular weight excluding hydrogens is 354 g/mol. The normalized spacial score (nSPS) is 16.8. The molecule has 1 aliphatic carbocycles. The van der Waals surface area contributed by atoms with Crippen molar-refractivity contribution in [2.24, 2.45) is 13.0 Å². The third kappa shape index (κ3) is 4.05. The number of rotatable bonds is 6. The van der Waals surface area contributed by atoms with Crippen LogP contribution < -0.4 is 10.1 Å². The Hall–Kier alpha value is -2.78. The van der Waals surface area contributed by atoms with E-state index in [2.05, 4.69) is 11.4 Å². The summed E-state index contributed by atoms with van der Waals surface area (Å²) in [6, 6.07) is 12.9. The van der Waals surface area contributed by atoms with Crippen LogP contribution in [-0.4, -0.2) is 28.3 Å². The average Bonchev–Trinajstić information content (AvgIpc) is 3.08. The molecule has 6 heteroatoms. The first kappa shape index (κ1) is 20.0. The van der Waals surface area contributed by atoms with Crippen molar-refractivity contribution in [1.29, 1.82) is 5.26 Å². The third-order valence-electron chi connectivity index (χ3n) is 5.76. The number of aromatic nitrogens is 1. The van der Waals surface area contributed by atoms with Gasteiger partial charge in [-0.2, -0.15) is 5.26 Å². The second-order valence-electron chi connectivity index (χ2n) is 7.52. The molecule has 1 heterocycles. The summed E-state index contributed by atoms with van der Waals surface area (Å²) in [5.41, 5.74) is -0.222. The van der Waals surface area contributed by atoms with Crippen LogP contribution in [0, 0.1) is 17.2 Å². The Morgan fingerprint density at radius 1 is 1.32 bits per heavy atom. The van der Waals surface area contributed by atoms with Gasteiger partial charge in [-0.15, -0.1) is 0 Å². The number of hydrogen-bond acceptors (Lipinski definition) is 4. The van der Waals surface area contributed by atoms with Gasteiger partial charge in [0.15, 0.2) is 0 Å². The van der Waals surface area contributed by atoms with Crippen LogP contribution in [0.3, 0.4) is 0 Å². The number of nitrogens with one attached hydrogen (secondary N) is 1. The maximum atomic E-state index is 13.3. The molecule has 3 rings (SSSR count). The van der Waals surface area contributed by atoms with E-state index < -0.39 is 11.5 Å². The minimum atomic E-state index is -1.52. The second kappa shape index (κ2) is 8.49. The standard InChI is InChI=1S/C22H27N3O3/c1-25-18(15-23)11-12-20(25)24-21(26)22(27,17-8-4-3-5-9-17)14-16-7-6-10-19(13-16)28-2/h6-7,10-13,17,27H,3-5,8-9,14H2,1-2H3,(H,24,26). The number of carbonyl (C=O) groups excluding carboxylic acids is 1. The predicted octanol–water partition coefficient (Wildman–Crippen LogP) is 3.40. The van der Waals surface area contributed by atoms with Gasteiger partial charge in [0.25, 0.3) is 5.91 Å². The summed E-state index contributed by atoms with van der Waals surface area (Å²) in [6.07, 6.45) is 5.03. The highest BCUT2D eigenvalue weighted by Crippen LogP contribution is 2.36. The van der Waals surface area contributed by atoms with Crippen molar-refractivity contribution in [3.05, 3.63) is 47.7 Å². The van der Waals surface area contributed by atoms with Gasteiger partial charge in [0.1, 0.15) is 28.9 Å². The topological polar surface area (TPSA) is 87.3 Å². The fourth-order valence-electron chi connectivity index (χ4n) is 4.06. The highest BCUT2D eigenvalue weighted by atomic mass is 16.5. The van der Waals surface area contributed by atoms with Gasteiger partial charge in [-0.05, 0) is 48.6 Å². The summed E-state index contributed by atoms with van der Waals surface area (Å²) in [5, 5.41) is 23.6. The molecule has 1 fully saturated rings. The maximum absolute atomic E-state index is 13.3. The highest BCUT2D eigenvalue weighted by Gasteiger charge is 2.44. The van der Waals surface area contributed by atoms with Crippen LogP contribution in [0.5, 0.6) is 5.75 Å². The zero-order valence-electron chi connectivity index (χ0n) is 16.4. The molecule has 0 aliphatic heterocycles. The average molecular weight is 381 g/mol. The van der Waals surface area contributed by atoms with Crippen molar-refractivity contribution in [1.82, 2.24) is 4.57 Å². The Bertz CT molecular complexity index is 877. The van der Waals surface area contributed by atoms with Crippen molar-refractivity contribution in [3.63, 3.8) is 0 Å². The lowest BCUT2D eigenvalue weighted by molar-refractivity contribution is -0.141. The molecule has 1 saturated carbocycles. The van der Waals surface area contributed by atoms with E-state index in [0.717, 1.165) is 37.7 Å². The SMILES string of the molecule is COc1cccc(CC(O)(C(=O)Nc2ccc(C#N)n2C)C2CCCCC2)c1. The van der Waals surface area contributed by atoms with E-state index in [1.54, 1.807) is 30.9 Å². The summed E-state index contributed by atoms with van der Waals surface area (Å²) in [6.45, 7) is 0. The maximum Gasteiger partial charge on any atom is 0.258 e. The van der Waals surface area contributed by atoms with Crippen LogP contribution in [-0.2, 0) is 18.3 Å². The first-order valence-corrected chi connectivity index (χ1v) is 9.70. The number of hydrogen-bond donors (Lipinski definition) is 2. The minimum absolute atomic E-state index is 0.108. The smallest absolute Gasteiger partial charge is 0.258 e. The Balaban J connectivity index is 1.89. The number of nitriles is 1. The molecule has 1 aliphatic rings. The van der Waals surface area contributed by atoms with Crippen LogP contribution in [0.1, 0.15) is 43.4 Å². The number of amides is 1. The number of aliphatic hydroxyl groups is 1. The van der Waals surface area contributed by atoms with Gasteiger partial charge in [-0.25, -0.2) is 0 Å². The molecule has 2 aromatic rings. The van der Waals surface area contributed by atoms with Crippen LogP contribution in [0.2, 0.25) is 0 Å². The quantitative estimate of drug-likeness (QED) is 0.803. The number of anilines is 1. The van der Waals surface area contributed by atoms with Crippen molar-refractivity contribution in [2.75, 3.05) is 12.4 Å². The van der Waals surface area contributed by atoms with Crippen LogP contribution in [0.4, 0.5) is 5.82 Å². The summed E-state index contributed by atoms with van der Waals surface area (Å²) in [5.74, 6) is 0.669. The lowest BCUT2D eigenvalue weighted by Gasteiger charge is -2.37. The summed E-state index contributed by atoms with van der Waals surface area (Å²) < 4.78 is 6.90. The van der Waals surface area contributed by atoms with E-state index in [1.165, 1.54) is 0 Å². The van der Waals surface area contributed by atoms with Gasteiger partial charge in [-0.1, -0.05) is 31.4 Å². The Labute approximate surface area is 165 Å². The number of nitrogens with zero attached hydrogens (tertiary/aromatic N) is 2.